The summed E-state index contributed by atoms with van der Waals surface area (Å²) in [6.45, 7) is 1.61. The first-order valence-electron chi connectivity index (χ1n) is 6.59. The van der Waals surface area contributed by atoms with Gasteiger partial charge in [0.25, 0.3) is 0 Å². The zero-order chi connectivity index (χ0) is 13.9. The lowest BCUT2D eigenvalue weighted by Gasteiger charge is -2.27. The number of nitrogens with two attached hydrogens (primary N) is 1. The lowest BCUT2D eigenvalue weighted by molar-refractivity contribution is 0.173. The van der Waals surface area contributed by atoms with Gasteiger partial charge in [-0.2, -0.15) is 0 Å². The highest BCUT2D eigenvalue weighted by molar-refractivity contribution is 5.45. The van der Waals surface area contributed by atoms with Gasteiger partial charge >= 0.3 is 0 Å². The zero-order valence-corrected chi connectivity index (χ0v) is 11.4. The molecule has 20 heavy (non-hydrogen) atoms. The number of hydrogen-bond donors (Lipinski definition) is 1. The molecule has 1 aromatic carbocycles. The smallest absolute Gasteiger partial charge is 0.231 e. The maximum atomic E-state index is 5.94. The highest BCUT2D eigenvalue weighted by Crippen LogP contribution is 2.35. The summed E-state index contributed by atoms with van der Waals surface area (Å²) in [7, 11) is 2.05. The van der Waals surface area contributed by atoms with Gasteiger partial charge in [-0.1, -0.05) is 6.07 Å². The van der Waals surface area contributed by atoms with Crippen molar-refractivity contribution >= 4 is 0 Å². The Morgan fingerprint density at radius 2 is 2.10 bits per heavy atom. The average molecular weight is 274 g/mol. The van der Waals surface area contributed by atoms with Gasteiger partial charge in [-0.05, 0) is 30.8 Å². The molecule has 2 aromatic rings. The second kappa shape index (κ2) is 5.56. The largest absolute Gasteiger partial charge is 0.472 e. The van der Waals surface area contributed by atoms with Gasteiger partial charge in [0.05, 0.1) is 12.5 Å². The summed E-state index contributed by atoms with van der Waals surface area (Å²) >= 11 is 0. The summed E-state index contributed by atoms with van der Waals surface area (Å²) in [5.74, 6) is 1.58. The molecule has 1 atom stereocenters. The predicted molar refractivity (Wildman–Crippen MR) is 74.5 cm³/mol. The number of furan rings is 1. The van der Waals surface area contributed by atoms with Crippen LogP contribution in [0.2, 0.25) is 0 Å². The van der Waals surface area contributed by atoms with Crippen LogP contribution in [-0.2, 0) is 6.54 Å². The molecule has 0 saturated carbocycles. The van der Waals surface area contributed by atoms with E-state index in [-0.39, 0.29) is 12.8 Å². The number of fused-ring (bicyclic) bond motifs is 1. The standard InChI is InChI=1S/C15H18N2O3/c1-17(8-11-4-5-18-9-11)13(7-16)12-2-3-14-15(6-12)20-10-19-14/h2-6,9,13H,7-8,10,16H2,1H3. The first-order chi connectivity index (χ1) is 9.78. The van der Waals surface area contributed by atoms with E-state index in [1.54, 1.807) is 12.5 Å². The lowest BCUT2D eigenvalue weighted by atomic mass is 10.0. The summed E-state index contributed by atoms with van der Waals surface area (Å²) in [4.78, 5) is 2.20. The molecule has 1 aromatic heterocycles. The third kappa shape index (κ3) is 2.50. The van der Waals surface area contributed by atoms with Crippen molar-refractivity contribution in [2.75, 3.05) is 20.4 Å². The van der Waals surface area contributed by atoms with E-state index in [9.17, 15) is 0 Å². The maximum absolute atomic E-state index is 5.94. The van der Waals surface area contributed by atoms with Crippen LogP contribution in [0.25, 0.3) is 0 Å². The molecule has 1 unspecified atom stereocenters. The Morgan fingerprint density at radius 3 is 2.85 bits per heavy atom. The highest BCUT2D eigenvalue weighted by Gasteiger charge is 2.20. The Hall–Kier alpha value is -1.98. The van der Waals surface area contributed by atoms with E-state index in [4.69, 9.17) is 19.6 Å². The first-order valence-corrected chi connectivity index (χ1v) is 6.59. The number of hydrogen-bond acceptors (Lipinski definition) is 5. The van der Waals surface area contributed by atoms with Crippen molar-refractivity contribution in [1.29, 1.82) is 0 Å². The van der Waals surface area contributed by atoms with Crippen molar-refractivity contribution in [2.24, 2.45) is 5.73 Å². The van der Waals surface area contributed by atoms with Crippen LogP contribution >= 0.6 is 0 Å². The second-order valence-electron chi connectivity index (χ2n) is 4.91. The Bertz CT molecular complexity index is 569. The summed E-state index contributed by atoms with van der Waals surface area (Å²) in [6, 6.07) is 8.07. The van der Waals surface area contributed by atoms with Crippen molar-refractivity contribution in [2.45, 2.75) is 12.6 Å². The van der Waals surface area contributed by atoms with Crippen LogP contribution in [0.4, 0.5) is 0 Å². The van der Waals surface area contributed by atoms with Crippen LogP contribution in [0.3, 0.4) is 0 Å². The fraction of sp³-hybridized carbons (Fsp3) is 0.333. The molecule has 0 saturated heterocycles. The van der Waals surface area contributed by atoms with Crippen LogP contribution in [0.1, 0.15) is 17.2 Å². The van der Waals surface area contributed by atoms with Gasteiger partial charge in [0.1, 0.15) is 0 Å². The van der Waals surface area contributed by atoms with E-state index in [0.717, 1.165) is 29.2 Å². The third-order valence-electron chi connectivity index (χ3n) is 3.55. The van der Waals surface area contributed by atoms with Gasteiger partial charge in [0.2, 0.25) is 6.79 Å². The minimum absolute atomic E-state index is 0.124. The van der Waals surface area contributed by atoms with E-state index in [2.05, 4.69) is 11.9 Å². The van der Waals surface area contributed by atoms with E-state index >= 15 is 0 Å². The molecule has 3 rings (SSSR count). The molecule has 2 heterocycles. The first kappa shape index (κ1) is 13.0. The maximum Gasteiger partial charge on any atom is 0.231 e. The monoisotopic (exact) mass is 274 g/mol. The summed E-state index contributed by atoms with van der Waals surface area (Å²) in [5, 5.41) is 0. The molecule has 0 radical (unpaired) electrons. The Labute approximate surface area is 117 Å². The molecular formula is C15H18N2O3. The van der Waals surface area contributed by atoms with Gasteiger partial charge < -0.3 is 19.6 Å². The topological polar surface area (TPSA) is 60.9 Å². The average Bonchev–Trinajstić information content (AvgIpc) is 3.09. The van der Waals surface area contributed by atoms with E-state index < -0.39 is 0 Å². The molecule has 2 N–H and O–H groups in total. The van der Waals surface area contributed by atoms with E-state index in [0.29, 0.717) is 6.54 Å². The summed E-state index contributed by atoms with van der Waals surface area (Å²) in [6.07, 6.45) is 3.44. The van der Waals surface area contributed by atoms with Crippen LogP contribution in [0, 0.1) is 0 Å². The van der Waals surface area contributed by atoms with Gasteiger partial charge in [0, 0.05) is 24.7 Å². The third-order valence-corrected chi connectivity index (χ3v) is 3.55. The van der Waals surface area contributed by atoms with Gasteiger partial charge in [0.15, 0.2) is 11.5 Å². The SMILES string of the molecule is CN(Cc1ccoc1)C(CN)c1ccc2c(c1)OCO2. The van der Waals surface area contributed by atoms with Crippen LogP contribution in [0.5, 0.6) is 11.5 Å². The molecule has 0 spiro atoms. The molecule has 5 heteroatoms. The molecule has 0 fully saturated rings. The van der Waals surface area contributed by atoms with Crippen molar-refractivity contribution in [1.82, 2.24) is 4.90 Å². The molecule has 0 amide bonds. The second-order valence-corrected chi connectivity index (χ2v) is 4.91. The summed E-state index contributed by atoms with van der Waals surface area (Å²) in [5.41, 5.74) is 8.20. The normalized spacial score (nSPS) is 14.8. The van der Waals surface area contributed by atoms with Crippen molar-refractivity contribution in [3.05, 3.63) is 47.9 Å². The van der Waals surface area contributed by atoms with Gasteiger partial charge in [-0.3, -0.25) is 4.90 Å². The molecule has 5 nitrogen and oxygen atoms in total. The van der Waals surface area contributed by atoms with Crippen LogP contribution < -0.4 is 15.2 Å². The zero-order valence-electron chi connectivity index (χ0n) is 11.4. The molecular weight excluding hydrogens is 256 g/mol. The highest BCUT2D eigenvalue weighted by atomic mass is 16.7. The van der Waals surface area contributed by atoms with Crippen molar-refractivity contribution in [3.8, 4) is 11.5 Å². The summed E-state index contributed by atoms with van der Waals surface area (Å²) < 4.78 is 15.9. The number of nitrogens with zero attached hydrogens (tertiary/aromatic N) is 1. The van der Waals surface area contributed by atoms with Crippen molar-refractivity contribution in [3.63, 3.8) is 0 Å². The molecule has 106 valence electrons. The number of ether oxygens (including phenoxy) is 2. The van der Waals surface area contributed by atoms with Crippen LogP contribution in [-0.4, -0.2) is 25.3 Å². The number of rotatable bonds is 5. The Morgan fingerprint density at radius 1 is 1.25 bits per heavy atom. The fourth-order valence-corrected chi connectivity index (χ4v) is 2.47. The van der Waals surface area contributed by atoms with Gasteiger partial charge in [-0.25, -0.2) is 0 Å². The predicted octanol–water partition coefficient (Wildman–Crippen LogP) is 2.14. The fourth-order valence-electron chi connectivity index (χ4n) is 2.47. The van der Waals surface area contributed by atoms with E-state index in [1.807, 2.05) is 24.3 Å². The number of likely N-dealkylation sites (N-methyl/N-ethyl adjacent to an activating group) is 1. The molecule has 1 aliphatic heterocycles. The molecule has 1 aliphatic rings. The Kier molecular flexibility index (Phi) is 3.62. The number of benzene rings is 1. The quantitative estimate of drug-likeness (QED) is 0.905. The molecule has 0 aliphatic carbocycles. The van der Waals surface area contributed by atoms with Crippen LogP contribution in [0.15, 0.2) is 41.2 Å². The minimum Gasteiger partial charge on any atom is -0.472 e. The van der Waals surface area contributed by atoms with E-state index in [1.165, 1.54) is 0 Å². The lowest BCUT2D eigenvalue weighted by Crippen LogP contribution is -2.30. The van der Waals surface area contributed by atoms with Crippen molar-refractivity contribution < 1.29 is 13.9 Å². The Balaban J connectivity index is 1.78. The minimum atomic E-state index is 0.124. The van der Waals surface area contributed by atoms with Gasteiger partial charge in [-0.15, -0.1) is 0 Å². The molecule has 0 bridgehead atoms.